The molecular weight excluding hydrogens is 406 g/mol. The van der Waals surface area contributed by atoms with E-state index >= 15 is 0 Å². The van der Waals surface area contributed by atoms with Crippen molar-refractivity contribution in [2.24, 2.45) is 5.92 Å². The number of rotatable bonds is 5. The zero-order chi connectivity index (χ0) is 21.5. The van der Waals surface area contributed by atoms with Crippen molar-refractivity contribution in [3.05, 3.63) is 29.8 Å². The second kappa shape index (κ2) is 7.65. The topological polar surface area (TPSA) is 123 Å². The number of urea groups is 1. The molecule has 10 heteroatoms. The molecule has 2 atom stereocenters. The van der Waals surface area contributed by atoms with Crippen LogP contribution in [-0.2, 0) is 14.4 Å². The van der Waals surface area contributed by atoms with Crippen molar-refractivity contribution >= 4 is 41.2 Å². The van der Waals surface area contributed by atoms with E-state index in [-0.39, 0.29) is 24.3 Å². The van der Waals surface area contributed by atoms with E-state index in [9.17, 15) is 19.2 Å². The van der Waals surface area contributed by atoms with Gasteiger partial charge in [-0.15, -0.1) is 11.8 Å². The van der Waals surface area contributed by atoms with E-state index in [0.29, 0.717) is 22.9 Å². The molecule has 9 nitrogen and oxygen atoms in total. The number of hydrogen-bond donors (Lipinski definition) is 2. The molecule has 0 radical (unpaired) electrons. The van der Waals surface area contributed by atoms with Gasteiger partial charge in [0.15, 0.2) is 0 Å². The summed E-state index contributed by atoms with van der Waals surface area (Å²) in [6, 6.07) is 7.18. The Labute approximate surface area is 177 Å². The van der Waals surface area contributed by atoms with Gasteiger partial charge < -0.3 is 15.5 Å². The molecule has 4 rings (SSSR count). The number of nitrogens with zero attached hydrogens (tertiary/aromatic N) is 3. The fraction of sp³-hybridized carbons (Fsp3) is 0.450. The third kappa shape index (κ3) is 3.61. The summed E-state index contributed by atoms with van der Waals surface area (Å²) in [6.45, 7) is 1.32. The third-order valence-electron chi connectivity index (χ3n) is 5.78. The Bertz CT molecular complexity index is 955. The zero-order valence-corrected chi connectivity index (χ0v) is 17.2. The molecule has 30 heavy (non-hydrogen) atoms. The van der Waals surface area contributed by atoms with Gasteiger partial charge in [0.25, 0.3) is 5.91 Å². The Morgan fingerprint density at radius 1 is 1.30 bits per heavy atom. The Morgan fingerprint density at radius 2 is 2.00 bits per heavy atom. The van der Waals surface area contributed by atoms with Crippen LogP contribution >= 0.6 is 11.8 Å². The van der Waals surface area contributed by atoms with E-state index in [1.165, 1.54) is 16.7 Å². The van der Waals surface area contributed by atoms with Gasteiger partial charge in [-0.05, 0) is 49.9 Å². The van der Waals surface area contributed by atoms with E-state index in [1.54, 1.807) is 31.2 Å². The number of carbonyl (C=O) groups is 4. The molecule has 0 aromatic heterocycles. The number of anilines is 1. The Hall–Kier alpha value is -3.06. The maximum atomic E-state index is 12.9. The van der Waals surface area contributed by atoms with Crippen LogP contribution in [0, 0.1) is 17.2 Å². The normalized spacial score (nSPS) is 25.8. The summed E-state index contributed by atoms with van der Waals surface area (Å²) >= 11 is 1.43. The number of hydrogen-bond acceptors (Lipinski definition) is 6. The van der Waals surface area contributed by atoms with Crippen molar-refractivity contribution in [2.75, 3.05) is 23.5 Å². The molecule has 1 aliphatic carbocycles. The van der Waals surface area contributed by atoms with Gasteiger partial charge in [0.1, 0.15) is 18.1 Å². The fourth-order valence-corrected chi connectivity index (χ4v) is 4.96. The van der Waals surface area contributed by atoms with Gasteiger partial charge in [-0.25, -0.2) is 4.79 Å². The Morgan fingerprint density at radius 3 is 2.63 bits per heavy atom. The summed E-state index contributed by atoms with van der Waals surface area (Å²) in [4.78, 5) is 53.0. The smallest absolute Gasteiger partial charge is 0.324 e. The molecular formula is C20H21N5O4S. The number of nitrogens with one attached hydrogen (secondary N) is 2. The monoisotopic (exact) mass is 427 g/mol. The molecule has 1 aromatic carbocycles. The number of imide groups is 1. The fourth-order valence-electron chi connectivity index (χ4n) is 3.78. The predicted molar refractivity (Wildman–Crippen MR) is 109 cm³/mol. The Balaban J connectivity index is 1.40. The van der Waals surface area contributed by atoms with Gasteiger partial charge in [0, 0.05) is 11.4 Å². The lowest BCUT2D eigenvalue weighted by molar-refractivity contribution is -0.141. The van der Waals surface area contributed by atoms with E-state index in [4.69, 9.17) is 5.26 Å². The molecule has 2 unspecified atom stereocenters. The van der Waals surface area contributed by atoms with Crippen LogP contribution in [0.5, 0.6) is 0 Å². The quantitative estimate of drug-likeness (QED) is 0.679. The summed E-state index contributed by atoms with van der Waals surface area (Å²) in [5.74, 6) is -0.320. The van der Waals surface area contributed by atoms with Crippen LogP contribution in [0.1, 0.15) is 25.3 Å². The maximum Gasteiger partial charge on any atom is 0.325 e. The van der Waals surface area contributed by atoms with Crippen LogP contribution in [-0.4, -0.2) is 63.3 Å². The minimum Gasteiger partial charge on any atom is -0.324 e. The predicted octanol–water partition coefficient (Wildman–Crippen LogP) is 1.12. The van der Waals surface area contributed by atoms with Gasteiger partial charge in [0.2, 0.25) is 11.8 Å². The number of nitriles is 1. The van der Waals surface area contributed by atoms with Crippen molar-refractivity contribution in [3.8, 4) is 6.07 Å². The van der Waals surface area contributed by atoms with E-state index in [1.807, 2.05) is 6.07 Å². The number of benzene rings is 1. The van der Waals surface area contributed by atoms with Gasteiger partial charge in [-0.2, -0.15) is 5.26 Å². The van der Waals surface area contributed by atoms with Gasteiger partial charge in [-0.3, -0.25) is 19.3 Å². The molecule has 2 aliphatic heterocycles. The molecule has 2 heterocycles. The van der Waals surface area contributed by atoms with Gasteiger partial charge >= 0.3 is 6.03 Å². The van der Waals surface area contributed by atoms with Crippen molar-refractivity contribution in [1.29, 1.82) is 5.26 Å². The minimum absolute atomic E-state index is 0.113. The second-order valence-electron chi connectivity index (χ2n) is 7.86. The first-order valence-electron chi connectivity index (χ1n) is 9.66. The van der Waals surface area contributed by atoms with Crippen molar-refractivity contribution in [3.63, 3.8) is 0 Å². The van der Waals surface area contributed by atoms with Crippen LogP contribution in [0.25, 0.3) is 0 Å². The highest BCUT2D eigenvalue weighted by atomic mass is 32.2. The summed E-state index contributed by atoms with van der Waals surface area (Å²) in [5.41, 5.74) is 0.0642. The summed E-state index contributed by atoms with van der Waals surface area (Å²) in [7, 11) is 0. The van der Waals surface area contributed by atoms with Crippen LogP contribution < -0.4 is 10.6 Å². The summed E-state index contributed by atoms with van der Waals surface area (Å²) in [5, 5.41) is 14.3. The second-order valence-corrected chi connectivity index (χ2v) is 8.86. The Kier molecular flexibility index (Phi) is 5.15. The lowest BCUT2D eigenvalue weighted by Crippen LogP contribution is -2.50. The van der Waals surface area contributed by atoms with Crippen molar-refractivity contribution in [2.45, 2.75) is 31.3 Å². The largest absolute Gasteiger partial charge is 0.325 e. The lowest BCUT2D eigenvalue weighted by Gasteiger charge is -2.25. The first-order chi connectivity index (χ1) is 14.3. The molecule has 5 amide bonds. The highest BCUT2D eigenvalue weighted by molar-refractivity contribution is 7.99. The number of thioether (sulfide) groups is 1. The highest BCUT2D eigenvalue weighted by Gasteiger charge is 2.56. The molecule has 3 fully saturated rings. The molecule has 156 valence electrons. The number of carbonyl (C=O) groups excluding carboxylic acids is 4. The molecule has 3 aliphatic rings. The first-order valence-corrected chi connectivity index (χ1v) is 10.8. The van der Waals surface area contributed by atoms with E-state index in [2.05, 4.69) is 10.6 Å². The highest BCUT2D eigenvalue weighted by Crippen LogP contribution is 2.42. The lowest BCUT2D eigenvalue weighted by atomic mass is 9.96. The van der Waals surface area contributed by atoms with Gasteiger partial charge in [0.05, 0.1) is 17.5 Å². The molecule has 0 spiro atoms. The van der Waals surface area contributed by atoms with E-state index in [0.717, 1.165) is 17.7 Å². The summed E-state index contributed by atoms with van der Waals surface area (Å²) < 4.78 is 0. The van der Waals surface area contributed by atoms with Gasteiger partial charge in [-0.1, -0.05) is 0 Å². The first kappa shape index (κ1) is 20.2. The van der Waals surface area contributed by atoms with Crippen LogP contribution in [0.4, 0.5) is 10.5 Å². The standard InChI is InChI=1S/C20H21N5O4S/c1-20(13-4-5-13)18(28)24(19(29)23-20)9-16(26)25-11-30-10-15(25)17(27)22-14-6-2-12(8-21)3-7-14/h2-3,6-7,13,15H,4-5,9-11H2,1H3,(H,22,27)(H,23,29). The molecule has 0 bridgehead atoms. The molecule has 2 N–H and O–H groups in total. The maximum absolute atomic E-state index is 12.9. The van der Waals surface area contributed by atoms with Crippen LogP contribution in [0.15, 0.2) is 24.3 Å². The van der Waals surface area contributed by atoms with Crippen molar-refractivity contribution in [1.82, 2.24) is 15.1 Å². The molecule has 1 saturated carbocycles. The van der Waals surface area contributed by atoms with E-state index < -0.39 is 23.5 Å². The zero-order valence-electron chi connectivity index (χ0n) is 16.4. The minimum atomic E-state index is -0.941. The SMILES string of the molecule is CC1(C2CC2)NC(=O)N(CC(=O)N2CSCC2C(=O)Nc2ccc(C#N)cc2)C1=O. The van der Waals surface area contributed by atoms with Crippen molar-refractivity contribution < 1.29 is 19.2 Å². The van der Waals surface area contributed by atoms with Crippen LogP contribution in [0.3, 0.4) is 0 Å². The van der Waals surface area contributed by atoms with Crippen LogP contribution in [0.2, 0.25) is 0 Å². The average Bonchev–Trinajstić information content (AvgIpc) is 3.43. The number of amides is 5. The third-order valence-corrected chi connectivity index (χ3v) is 6.79. The molecule has 2 saturated heterocycles. The summed E-state index contributed by atoms with van der Waals surface area (Å²) in [6.07, 6.45) is 1.76. The molecule has 1 aromatic rings. The average molecular weight is 427 g/mol.